The Morgan fingerprint density at radius 3 is 2.21 bits per heavy atom. The van der Waals surface area contributed by atoms with Gasteiger partial charge < -0.3 is 10.2 Å². The minimum atomic E-state index is -0.598. The van der Waals surface area contributed by atoms with Crippen molar-refractivity contribution in [2.75, 3.05) is 19.6 Å². The van der Waals surface area contributed by atoms with Gasteiger partial charge in [-0.2, -0.15) is 0 Å². The number of likely N-dealkylation sites (N-methyl/N-ethyl adjacent to an activating group) is 1. The number of rotatable bonds is 5. The first-order chi connectivity index (χ1) is 6.52. The van der Waals surface area contributed by atoms with Crippen molar-refractivity contribution in [2.24, 2.45) is 0 Å². The van der Waals surface area contributed by atoms with Crippen LogP contribution >= 0.6 is 11.6 Å². The quantitative estimate of drug-likeness (QED) is 0.690. The van der Waals surface area contributed by atoms with E-state index in [9.17, 15) is 9.59 Å². The van der Waals surface area contributed by atoms with Crippen LogP contribution < -0.4 is 5.32 Å². The Hall–Kier alpha value is -0.770. The van der Waals surface area contributed by atoms with Crippen LogP contribution in [0.4, 0.5) is 0 Å². The van der Waals surface area contributed by atoms with E-state index in [0.29, 0.717) is 13.1 Å². The molecule has 0 heterocycles. The number of carbonyl (C=O) groups excluding carboxylic acids is 2. The second-order valence-corrected chi connectivity index (χ2v) is 3.55. The number of nitrogens with one attached hydrogen (secondary N) is 1. The molecule has 2 amide bonds. The van der Waals surface area contributed by atoms with E-state index in [-0.39, 0.29) is 18.4 Å². The molecule has 1 N–H and O–H groups in total. The predicted octanol–water partition coefficient (Wildman–Crippen LogP) is 0.598. The Morgan fingerprint density at radius 1 is 1.36 bits per heavy atom. The average molecular weight is 221 g/mol. The van der Waals surface area contributed by atoms with Gasteiger partial charge in [0.2, 0.25) is 11.8 Å². The Labute approximate surface area is 89.6 Å². The molecule has 4 nitrogen and oxygen atoms in total. The molecule has 0 aromatic heterocycles. The lowest BCUT2D eigenvalue weighted by Gasteiger charge is -2.18. The second-order valence-electron chi connectivity index (χ2n) is 2.90. The van der Waals surface area contributed by atoms with E-state index < -0.39 is 5.38 Å². The summed E-state index contributed by atoms with van der Waals surface area (Å²) in [6.07, 6.45) is 0. The number of carbonyl (C=O) groups is 2. The summed E-state index contributed by atoms with van der Waals surface area (Å²) in [5.74, 6) is -0.396. The molecule has 1 atom stereocenters. The van der Waals surface area contributed by atoms with Crippen LogP contribution in [0.15, 0.2) is 0 Å². The van der Waals surface area contributed by atoms with Crippen molar-refractivity contribution in [3.05, 3.63) is 0 Å². The van der Waals surface area contributed by atoms with Gasteiger partial charge in [0.15, 0.2) is 0 Å². The summed E-state index contributed by atoms with van der Waals surface area (Å²) in [6, 6.07) is 0. The van der Waals surface area contributed by atoms with Gasteiger partial charge in [0.05, 0.1) is 6.54 Å². The summed E-state index contributed by atoms with van der Waals surface area (Å²) in [5, 5.41) is 1.87. The zero-order valence-electron chi connectivity index (χ0n) is 8.84. The number of amides is 2. The maximum atomic E-state index is 11.4. The summed E-state index contributed by atoms with van der Waals surface area (Å²) < 4.78 is 0. The van der Waals surface area contributed by atoms with Crippen molar-refractivity contribution < 1.29 is 9.59 Å². The lowest BCUT2D eigenvalue weighted by Crippen LogP contribution is -2.41. The molecule has 0 saturated heterocycles. The largest absolute Gasteiger partial charge is 0.346 e. The molecule has 1 unspecified atom stereocenters. The van der Waals surface area contributed by atoms with E-state index in [0.717, 1.165) is 0 Å². The van der Waals surface area contributed by atoms with Gasteiger partial charge >= 0.3 is 0 Å². The Bertz CT molecular complexity index is 203. The van der Waals surface area contributed by atoms with Crippen molar-refractivity contribution in [1.29, 1.82) is 0 Å². The standard InChI is InChI=1S/C9H17ClN2O2/c1-4-12(5-2)8(13)6-11-9(14)7(3)10/h7H,4-6H2,1-3H3,(H,11,14). The Balaban J connectivity index is 3.89. The first-order valence-corrected chi connectivity index (χ1v) is 5.16. The fourth-order valence-corrected chi connectivity index (χ4v) is 1.07. The fraction of sp³-hybridized carbons (Fsp3) is 0.778. The van der Waals surface area contributed by atoms with E-state index in [2.05, 4.69) is 5.32 Å². The lowest BCUT2D eigenvalue weighted by atomic mass is 10.4. The molecule has 0 rings (SSSR count). The summed E-state index contributed by atoms with van der Waals surface area (Å²) >= 11 is 5.52. The average Bonchev–Trinajstić information content (AvgIpc) is 2.15. The second kappa shape index (κ2) is 6.65. The molecule has 0 aromatic rings. The number of alkyl halides is 1. The zero-order valence-corrected chi connectivity index (χ0v) is 9.60. The SMILES string of the molecule is CCN(CC)C(=O)CNC(=O)C(C)Cl. The minimum Gasteiger partial charge on any atom is -0.346 e. The van der Waals surface area contributed by atoms with E-state index in [1.54, 1.807) is 11.8 Å². The molecule has 0 radical (unpaired) electrons. The van der Waals surface area contributed by atoms with Gasteiger partial charge in [-0.05, 0) is 20.8 Å². The highest BCUT2D eigenvalue weighted by molar-refractivity contribution is 6.30. The van der Waals surface area contributed by atoms with Gasteiger partial charge in [0, 0.05) is 13.1 Å². The van der Waals surface area contributed by atoms with E-state index in [1.165, 1.54) is 0 Å². The molecular formula is C9H17ClN2O2. The van der Waals surface area contributed by atoms with E-state index in [4.69, 9.17) is 11.6 Å². The fourth-order valence-electron chi connectivity index (χ4n) is 0.991. The predicted molar refractivity (Wildman–Crippen MR) is 56.3 cm³/mol. The maximum Gasteiger partial charge on any atom is 0.241 e. The number of nitrogens with zero attached hydrogens (tertiary/aromatic N) is 1. The molecule has 0 fully saturated rings. The third kappa shape index (κ3) is 4.46. The van der Waals surface area contributed by atoms with Gasteiger partial charge in [-0.3, -0.25) is 9.59 Å². The van der Waals surface area contributed by atoms with Crippen molar-refractivity contribution in [3.63, 3.8) is 0 Å². The molecule has 82 valence electrons. The highest BCUT2D eigenvalue weighted by atomic mass is 35.5. The normalized spacial score (nSPS) is 12.0. The summed E-state index contributed by atoms with van der Waals surface area (Å²) in [4.78, 5) is 24.1. The van der Waals surface area contributed by atoms with Crippen LogP contribution in [0.3, 0.4) is 0 Å². The molecule has 0 aliphatic rings. The van der Waals surface area contributed by atoms with Gasteiger partial charge in [-0.1, -0.05) is 0 Å². The monoisotopic (exact) mass is 220 g/mol. The van der Waals surface area contributed by atoms with Crippen LogP contribution in [0.1, 0.15) is 20.8 Å². The van der Waals surface area contributed by atoms with Crippen molar-refractivity contribution in [1.82, 2.24) is 10.2 Å². The third-order valence-electron chi connectivity index (χ3n) is 1.89. The van der Waals surface area contributed by atoms with Crippen LogP contribution in [-0.4, -0.2) is 41.7 Å². The highest BCUT2D eigenvalue weighted by Crippen LogP contribution is 1.93. The van der Waals surface area contributed by atoms with Crippen LogP contribution in [0, 0.1) is 0 Å². The van der Waals surface area contributed by atoms with Gasteiger partial charge in [-0.25, -0.2) is 0 Å². The molecule has 0 aliphatic carbocycles. The molecule has 0 aromatic carbocycles. The first-order valence-electron chi connectivity index (χ1n) is 4.72. The van der Waals surface area contributed by atoms with E-state index in [1.807, 2.05) is 13.8 Å². The number of hydrogen-bond donors (Lipinski definition) is 1. The Morgan fingerprint density at radius 2 is 1.86 bits per heavy atom. The number of hydrogen-bond acceptors (Lipinski definition) is 2. The van der Waals surface area contributed by atoms with Crippen molar-refractivity contribution in [2.45, 2.75) is 26.1 Å². The van der Waals surface area contributed by atoms with Crippen LogP contribution in [0.2, 0.25) is 0 Å². The van der Waals surface area contributed by atoms with E-state index >= 15 is 0 Å². The van der Waals surface area contributed by atoms with Crippen LogP contribution in [-0.2, 0) is 9.59 Å². The van der Waals surface area contributed by atoms with Gasteiger partial charge in [0.25, 0.3) is 0 Å². The number of halogens is 1. The molecule has 0 saturated carbocycles. The molecule has 0 spiro atoms. The smallest absolute Gasteiger partial charge is 0.241 e. The molecular weight excluding hydrogens is 204 g/mol. The van der Waals surface area contributed by atoms with Crippen molar-refractivity contribution in [3.8, 4) is 0 Å². The Kier molecular flexibility index (Phi) is 6.28. The lowest BCUT2D eigenvalue weighted by molar-refractivity contribution is -0.132. The van der Waals surface area contributed by atoms with Crippen molar-refractivity contribution >= 4 is 23.4 Å². The molecule has 14 heavy (non-hydrogen) atoms. The van der Waals surface area contributed by atoms with Crippen LogP contribution in [0.5, 0.6) is 0 Å². The maximum absolute atomic E-state index is 11.4. The zero-order chi connectivity index (χ0) is 11.1. The minimum absolute atomic E-state index is 0.0254. The van der Waals surface area contributed by atoms with Gasteiger partial charge in [-0.15, -0.1) is 11.6 Å². The summed E-state index contributed by atoms with van der Waals surface area (Å²) in [7, 11) is 0. The highest BCUT2D eigenvalue weighted by Gasteiger charge is 2.13. The summed E-state index contributed by atoms with van der Waals surface area (Å²) in [6.45, 7) is 6.69. The topological polar surface area (TPSA) is 49.4 Å². The van der Waals surface area contributed by atoms with Crippen LogP contribution in [0.25, 0.3) is 0 Å². The third-order valence-corrected chi connectivity index (χ3v) is 2.09. The molecule has 0 bridgehead atoms. The van der Waals surface area contributed by atoms with Gasteiger partial charge in [0.1, 0.15) is 5.38 Å². The summed E-state index contributed by atoms with van der Waals surface area (Å²) in [5.41, 5.74) is 0. The first kappa shape index (κ1) is 13.2. The molecule has 5 heteroatoms. The molecule has 0 aliphatic heterocycles.